The number of rotatable bonds is 6. The van der Waals surface area contributed by atoms with Crippen LogP contribution in [0.2, 0.25) is 0 Å². The van der Waals surface area contributed by atoms with Gasteiger partial charge in [0, 0.05) is 19.2 Å². The number of hydrogen-bond acceptors (Lipinski definition) is 9. The Morgan fingerprint density at radius 1 is 1.32 bits per heavy atom. The number of nitrogens with zero attached hydrogens (tertiary/aromatic N) is 4. The van der Waals surface area contributed by atoms with Crippen LogP contribution < -0.4 is 25.4 Å². The van der Waals surface area contributed by atoms with E-state index in [9.17, 15) is 10.1 Å². The van der Waals surface area contributed by atoms with Gasteiger partial charge in [-0.25, -0.2) is 0 Å². The lowest BCUT2D eigenvalue weighted by Gasteiger charge is -2.31. The summed E-state index contributed by atoms with van der Waals surface area (Å²) in [6, 6.07) is 5.22. The molecule has 1 saturated heterocycles. The number of hydrogen-bond donors (Lipinski definition) is 2. The number of ether oxygens (including phenoxy) is 2. The second-order valence-electron chi connectivity index (χ2n) is 6.75. The first-order chi connectivity index (χ1) is 13.4. The second kappa shape index (κ2) is 8.15. The van der Waals surface area contributed by atoms with E-state index < -0.39 is 4.92 Å². The number of methoxy groups -OCH3 is 2. The molecule has 150 valence electrons. The molecule has 0 spiro atoms. The Hall–Kier alpha value is -3.30. The van der Waals surface area contributed by atoms with E-state index in [4.69, 9.17) is 15.2 Å². The third-order valence-electron chi connectivity index (χ3n) is 4.68. The molecule has 2 aromatic rings. The number of benzene rings is 1. The quantitative estimate of drug-likeness (QED) is 0.566. The minimum absolute atomic E-state index is 0.155. The second-order valence-corrected chi connectivity index (χ2v) is 6.75. The van der Waals surface area contributed by atoms with E-state index in [0.717, 1.165) is 12.8 Å². The highest BCUT2D eigenvalue weighted by Crippen LogP contribution is 2.36. The van der Waals surface area contributed by atoms with Crippen LogP contribution in [0.3, 0.4) is 0 Å². The van der Waals surface area contributed by atoms with Gasteiger partial charge in [-0.2, -0.15) is 9.97 Å². The first kappa shape index (κ1) is 19.5. The van der Waals surface area contributed by atoms with Crippen molar-refractivity contribution in [3.8, 4) is 11.5 Å². The van der Waals surface area contributed by atoms with Gasteiger partial charge in [0.1, 0.15) is 11.5 Å². The molecule has 1 fully saturated rings. The van der Waals surface area contributed by atoms with Crippen molar-refractivity contribution < 1.29 is 14.4 Å². The van der Waals surface area contributed by atoms with Gasteiger partial charge in [-0.05, 0) is 30.9 Å². The minimum atomic E-state index is -0.528. The van der Waals surface area contributed by atoms with Gasteiger partial charge in [-0.1, -0.05) is 6.92 Å². The van der Waals surface area contributed by atoms with E-state index in [2.05, 4.69) is 22.2 Å². The standard InChI is InChI=1S/C18H24N6O4/c1-11-5-4-8-23(10-11)17-15(24(25)26)16(19)21-18(22-17)20-13-9-12(27-2)6-7-14(13)28-3/h6-7,9,11H,4-5,8,10H2,1-3H3,(H3,19,20,21,22)/t11-/m0/s1. The number of nitro groups is 1. The number of nitrogens with two attached hydrogens (primary N) is 1. The van der Waals surface area contributed by atoms with Gasteiger partial charge in [0.05, 0.1) is 24.8 Å². The fourth-order valence-electron chi connectivity index (χ4n) is 3.33. The Balaban J connectivity index is 2.02. The van der Waals surface area contributed by atoms with Crippen LogP contribution in [0.1, 0.15) is 19.8 Å². The van der Waals surface area contributed by atoms with Gasteiger partial charge < -0.3 is 25.4 Å². The molecule has 0 unspecified atom stereocenters. The summed E-state index contributed by atoms with van der Waals surface area (Å²) in [5, 5.41) is 14.6. The third-order valence-corrected chi connectivity index (χ3v) is 4.68. The predicted octanol–water partition coefficient (Wildman–Crippen LogP) is 2.96. The van der Waals surface area contributed by atoms with Crippen LogP contribution in [0.15, 0.2) is 18.2 Å². The Kier molecular flexibility index (Phi) is 5.67. The normalized spacial score (nSPS) is 16.5. The largest absolute Gasteiger partial charge is 0.497 e. The molecule has 10 nitrogen and oxygen atoms in total. The van der Waals surface area contributed by atoms with Crippen LogP contribution >= 0.6 is 0 Å². The zero-order chi connectivity index (χ0) is 20.3. The van der Waals surface area contributed by atoms with E-state index >= 15 is 0 Å². The van der Waals surface area contributed by atoms with Gasteiger partial charge in [-0.3, -0.25) is 10.1 Å². The van der Waals surface area contributed by atoms with E-state index in [1.165, 1.54) is 0 Å². The summed E-state index contributed by atoms with van der Waals surface area (Å²) in [5.41, 5.74) is 6.23. The van der Waals surface area contributed by atoms with Crippen LogP contribution in [-0.2, 0) is 0 Å². The van der Waals surface area contributed by atoms with Gasteiger partial charge >= 0.3 is 5.69 Å². The van der Waals surface area contributed by atoms with Gasteiger partial charge in [0.15, 0.2) is 0 Å². The van der Waals surface area contributed by atoms with E-state index in [1.807, 2.05) is 4.90 Å². The van der Waals surface area contributed by atoms with Gasteiger partial charge in [0.25, 0.3) is 0 Å². The molecule has 1 aliphatic heterocycles. The SMILES string of the molecule is COc1ccc(OC)c(Nc2nc(N)c([N+](=O)[O-])c(N3CCC[C@H](C)C3)n2)c1. The topological polar surface area (TPSA) is 129 Å². The lowest BCUT2D eigenvalue weighted by atomic mass is 10.0. The molecular weight excluding hydrogens is 364 g/mol. The Bertz CT molecular complexity index is 875. The fraction of sp³-hybridized carbons (Fsp3) is 0.444. The summed E-state index contributed by atoms with van der Waals surface area (Å²) >= 11 is 0. The Labute approximate surface area is 162 Å². The molecule has 1 aliphatic rings. The molecule has 10 heteroatoms. The van der Waals surface area contributed by atoms with Crippen LogP contribution in [0, 0.1) is 16.0 Å². The number of aromatic nitrogens is 2. The Morgan fingerprint density at radius 3 is 2.75 bits per heavy atom. The van der Waals surface area contributed by atoms with Gasteiger partial charge in [-0.15, -0.1) is 0 Å². The smallest absolute Gasteiger partial charge is 0.353 e. The molecule has 0 aliphatic carbocycles. The maximum Gasteiger partial charge on any atom is 0.353 e. The molecule has 0 bridgehead atoms. The van der Waals surface area contributed by atoms with Crippen molar-refractivity contribution in [3.05, 3.63) is 28.3 Å². The molecule has 0 radical (unpaired) electrons. The number of nitrogens with one attached hydrogen (secondary N) is 1. The molecular formula is C18H24N6O4. The monoisotopic (exact) mass is 388 g/mol. The molecule has 0 saturated carbocycles. The molecule has 28 heavy (non-hydrogen) atoms. The molecule has 3 rings (SSSR count). The molecule has 2 heterocycles. The fourth-order valence-corrected chi connectivity index (χ4v) is 3.33. The van der Waals surface area contributed by atoms with Crippen molar-refractivity contribution in [2.24, 2.45) is 5.92 Å². The van der Waals surface area contributed by atoms with Crippen LogP contribution in [0.25, 0.3) is 0 Å². The van der Waals surface area contributed by atoms with Crippen molar-refractivity contribution in [1.82, 2.24) is 9.97 Å². The zero-order valence-corrected chi connectivity index (χ0v) is 16.1. The van der Waals surface area contributed by atoms with Crippen molar-refractivity contribution >= 4 is 29.0 Å². The number of anilines is 4. The average Bonchev–Trinajstić information content (AvgIpc) is 2.67. The number of nitrogen functional groups attached to an aromatic ring is 1. The van der Waals surface area contributed by atoms with Crippen LogP contribution in [-0.4, -0.2) is 42.2 Å². The average molecular weight is 388 g/mol. The Morgan fingerprint density at radius 2 is 2.11 bits per heavy atom. The van der Waals surface area contributed by atoms with Crippen molar-refractivity contribution in [1.29, 1.82) is 0 Å². The maximum absolute atomic E-state index is 11.6. The molecule has 3 N–H and O–H groups in total. The van der Waals surface area contributed by atoms with E-state index in [0.29, 0.717) is 36.2 Å². The molecule has 0 amide bonds. The summed E-state index contributed by atoms with van der Waals surface area (Å²) in [7, 11) is 3.10. The molecule has 1 atom stereocenters. The van der Waals surface area contributed by atoms with E-state index in [1.54, 1.807) is 32.4 Å². The first-order valence-electron chi connectivity index (χ1n) is 8.98. The highest BCUT2D eigenvalue weighted by molar-refractivity contribution is 5.73. The first-order valence-corrected chi connectivity index (χ1v) is 8.98. The highest BCUT2D eigenvalue weighted by Gasteiger charge is 2.30. The minimum Gasteiger partial charge on any atom is -0.497 e. The lowest BCUT2D eigenvalue weighted by Crippen LogP contribution is -2.35. The van der Waals surface area contributed by atoms with Gasteiger partial charge in [0.2, 0.25) is 17.6 Å². The van der Waals surface area contributed by atoms with Crippen molar-refractivity contribution in [2.45, 2.75) is 19.8 Å². The summed E-state index contributed by atoms with van der Waals surface area (Å²) in [4.78, 5) is 21.5. The van der Waals surface area contributed by atoms with Crippen molar-refractivity contribution in [2.75, 3.05) is 43.3 Å². The van der Waals surface area contributed by atoms with Crippen molar-refractivity contribution in [3.63, 3.8) is 0 Å². The summed E-state index contributed by atoms with van der Waals surface area (Å²) < 4.78 is 10.6. The molecule has 1 aromatic carbocycles. The van der Waals surface area contributed by atoms with E-state index in [-0.39, 0.29) is 23.3 Å². The summed E-state index contributed by atoms with van der Waals surface area (Å²) in [6.45, 7) is 3.48. The third kappa shape index (κ3) is 4.00. The van der Waals surface area contributed by atoms with Crippen LogP contribution in [0.4, 0.5) is 29.0 Å². The van der Waals surface area contributed by atoms with Crippen LogP contribution in [0.5, 0.6) is 11.5 Å². The molecule has 1 aromatic heterocycles. The highest BCUT2D eigenvalue weighted by atomic mass is 16.6. The lowest BCUT2D eigenvalue weighted by molar-refractivity contribution is -0.383. The maximum atomic E-state index is 11.6. The summed E-state index contributed by atoms with van der Waals surface area (Å²) in [6.07, 6.45) is 2.02. The predicted molar refractivity (Wildman–Crippen MR) is 107 cm³/mol. The summed E-state index contributed by atoms with van der Waals surface area (Å²) in [5.74, 6) is 1.78. The zero-order valence-electron chi connectivity index (χ0n) is 16.1. The number of piperidine rings is 1.